The first-order valence-electron chi connectivity index (χ1n) is 16.2. The van der Waals surface area contributed by atoms with Crippen molar-refractivity contribution in [2.24, 2.45) is 5.92 Å². The van der Waals surface area contributed by atoms with Gasteiger partial charge in [-0.3, -0.25) is 0 Å². The van der Waals surface area contributed by atoms with Gasteiger partial charge in [0.1, 0.15) is 24.1 Å². The number of halogens is 3. The minimum absolute atomic E-state index is 0.0830. The SMILES string of the molecule is COC[C@H](Oc1cnc(N2C[C@H](NC(=O)OC(C)(C)C)[C@@H](c3cc(F)c(F)cc3F)C2)nc1)C1CCN(C(=O)OCc2ccccc2)CC1. The number of nitrogens with one attached hydrogen (secondary N) is 1. The number of hydrogen-bond acceptors (Lipinski definition) is 9. The van der Waals surface area contributed by atoms with Crippen LogP contribution in [0.25, 0.3) is 0 Å². The summed E-state index contributed by atoms with van der Waals surface area (Å²) in [7, 11) is 1.59. The number of hydrogen-bond donors (Lipinski definition) is 1. The zero-order valence-corrected chi connectivity index (χ0v) is 28.0. The zero-order chi connectivity index (χ0) is 35.1. The van der Waals surface area contributed by atoms with Crippen molar-refractivity contribution in [1.82, 2.24) is 20.2 Å². The van der Waals surface area contributed by atoms with Gasteiger partial charge in [-0.2, -0.15) is 0 Å². The van der Waals surface area contributed by atoms with Gasteiger partial charge in [0.15, 0.2) is 17.4 Å². The number of methoxy groups -OCH3 is 1. The first-order valence-corrected chi connectivity index (χ1v) is 16.2. The summed E-state index contributed by atoms with van der Waals surface area (Å²) in [6.45, 7) is 6.96. The second-order valence-corrected chi connectivity index (χ2v) is 13.2. The standard InChI is InChI=1S/C35H42F3N5O6/c1-35(2,3)49-33(44)41-30-19-43(18-26(30)25-14-28(37)29(38)15-27(25)36)32-39-16-24(17-40-32)48-31(21-46-4)23-10-12-42(13-11-23)34(45)47-20-22-8-6-5-7-9-22/h5-9,14-17,23,26,30-31H,10-13,18-21H2,1-4H3,(H,41,44)/t26-,30+,31+/m1/s1. The van der Waals surface area contributed by atoms with Gasteiger partial charge in [-0.1, -0.05) is 30.3 Å². The van der Waals surface area contributed by atoms with Gasteiger partial charge in [-0.05, 0) is 50.8 Å². The van der Waals surface area contributed by atoms with Crippen LogP contribution in [0, 0.1) is 23.4 Å². The van der Waals surface area contributed by atoms with E-state index >= 15 is 0 Å². The summed E-state index contributed by atoms with van der Waals surface area (Å²) in [5, 5.41) is 2.75. The second-order valence-electron chi connectivity index (χ2n) is 13.2. The van der Waals surface area contributed by atoms with Crippen molar-refractivity contribution in [1.29, 1.82) is 0 Å². The molecular formula is C35H42F3N5O6. The minimum atomic E-state index is -1.30. The Labute approximate surface area is 283 Å². The molecule has 2 aliphatic heterocycles. The molecule has 0 aliphatic carbocycles. The van der Waals surface area contributed by atoms with Gasteiger partial charge < -0.3 is 34.1 Å². The van der Waals surface area contributed by atoms with Gasteiger partial charge in [-0.15, -0.1) is 0 Å². The van der Waals surface area contributed by atoms with E-state index in [1.54, 1.807) is 37.7 Å². The van der Waals surface area contributed by atoms with Crippen LogP contribution < -0.4 is 15.0 Å². The number of ether oxygens (including phenoxy) is 4. The molecule has 0 saturated carbocycles. The largest absolute Gasteiger partial charge is 0.484 e. The van der Waals surface area contributed by atoms with Crippen LogP contribution in [0.15, 0.2) is 54.9 Å². The Morgan fingerprint density at radius 1 is 0.980 bits per heavy atom. The van der Waals surface area contributed by atoms with Crippen molar-refractivity contribution in [2.45, 2.75) is 63.9 Å². The zero-order valence-electron chi connectivity index (χ0n) is 28.0. The minimum Gasteiger partial charge on any atom is -0.484 e. The van der Waals surface area contributed by atoms with E-state index in [0.717, 1.165) is 11.6 Å². The maximum Gasteiger partial charge on any atom is 0.410 e. The molecule has 14 heteroatoms. The molecule has 3 aromatic rings. The number of carbonyl (C=O) groups excluding carboxylic acids is 2. The van der Waals surface area contributed by atoms with Crippen LogP contribution in [0.3, 0.4) is 0 Å². The molecule has 3 atom stereocenters. The van der Waals surface area contributed by atoms with Gasteiger partial charge >= 0.3 is 12.2 Å². The van der Waals surface area contributed by atoms with Crippen molar-refractivity contribution < 1.29 is 41.7 Å². The van der Waals surface area contributed by atoms with E-state index < -0.39 is 41.1 Å². The van der Waals surface area contributed by atoms with E-state index in [0.29, 0.717) is 44.4 Å². The van der Waals surface area contributed by atoms with Gasteiger partial charge in [0.25, 0.3) is 0 Å². The topological polar surface area (TPSA) is 115 Å². The molecule has 0 unspecified atom stereocenters. The Morgan fingerprint density at radius 3 is 2.31 bits per heavy atom. The van der Waals surface area contributed by atoms with E-state index in [1.807, 2.05) is 30.3 Å². The van der Waals surface area contributed by atoms with Crippen molar-refractivity contribution in [3.05, 3.63) is 83.4 Å². The number of alkyl carbamates (subject to hydrolysis) is 1. The number of aromatic nitrogens is 2. The number of carbonyl (C=O) groups is 2. The number of rotatable bonds is 10. The first kappa shape index (κ1) is 35.7. The highest BCUT2D eigenvalue weighted by molar-refractivity contribution is 5.69. The molecule has 0 spiro atoms. The summed E-state index contributed by atoms with van der Waals surface area (Å²) < 4.78 is 65.4. The lowest BCUT2D eigenvalue weighted by molar-refractivity contribution is 0.0150. The van der Waals surface area contributed by atoms with E-state index in [9.17, 15) is 22.8 Å². The molecule has 11 nitrogen and oxygen atoms in total. The molecule has 264 valence electrons. The number of amides is 2. The Hall–Kier alpha value is -4.59. The predicted octanol–water partition coefficient (Wildman–Crippen LogP) is 5.83. The molecule has 2 saturated heterocycles. The van der Waals surface area contributed by atoms with Crippen LogP contribution >= 0.6 is 0 Å². The summed E-state index contributed by atoms with van der Waals surface area (Å²) in [6, 6.07) is 10.1. The number of benzene rings is 2. The lowest BCUT2D eigenvalue weighted by Crippen LogP contribution is -2.44. The highest BCUT2D eigenvalue weighted by atomic mass is 19.2. The summed E-state index contributed by atoms with van der Waals surface area (Å²) >= 11 is 0. The summed E-state index contributed by atoms with van der Waals surface area (Å²) in [5.41, 5.74) is 0.0580. The normalized spacial score (nSPS) is 19.0. The number of anilines is 1. The van der Waals surface area contributed by atoms with E-state index in [2.05, 4.69) is 15.3 Å². The summed E-state index contributed by atoms with van der Waals surface area (Å²) in [4.78, 5) is 37.6. The highest BCUT2D eigenvalue weighted by Crippen LogP contribution is 2.33. The van der Waals surface area contributed by atoms with Crippen LogP contribution in [0.4, 0.5) is 28.7 Å². The maximum absolute atomic E-state index is 14.9. The highest BCUT2D eigenvalue weighted by Gasteiger charge is 2.39. The van der Waals surface area contributed by atoms with Crippen LogP contribution in [-0.2, 0) is 20.8 Å². The average molecular weight is 686 g/mol. The molecule has 49 heavy (non-hydrogen) atoms. The van der Waals surface area contributed by atoms with Crippen molar-refractivity contribution in [3.8, 4) is 5.75 Å². The molecule has 3 heterocycles. The fraction of sp³-hybridized carbons (Fsp3) is 0.486. The molecule has 1 aromatic heterocycles. The van der Waals surface area contributed by atoms with Gasteiger partial charge in [0, 0.05) is 51.2 Å². The first-order chi connectivity index (χ1) is 23.4. The second kappa shape index (κ2) is 15.7. The van der Waals surface area contributed by atoms with E-state index in [-0.39, 0.29) is 49.3 Å². The van der Waals surface area contributed by atoms with Gasteiger partial charge in [-0.25, -0.2) is 32.7 Å². The molecule has 1 N–H and O–H groups in total. The van der Waals surface area contributed by atoms with Crippen LogP contribution in [0.2, 0.25) is 0 Å². The van der Waals surface area contributed by atoms with Crippen molar-refractivity contribution in [2.75, 3.05) is 44.8 Å². The Balaban J connectivity index is 1.21. The van der Waals surface area contributed by atoms with E-state index in [1.165, 1.54) is 12.4 Å². The fourth-order valence-electron chi connectivity index (χ4n) is 6.11. The lowest BCUT2D eigenvalue weighted by atomic mass is 9.91. The molecule has 2 aromatic carbocycles. The van der Waals surface area contributed by atoms with E-state index in [4.69, 9.17) is 18.9 Å². The summed E-state index contributed by atoms with van der Waals surface area (Å²) in [5.74, 6) is -3.39. The third-order valence-electron chi connectivity index (χ3n) is 8.51. The Kier molecular flexibility index (Phi) is 11.5. The smallest absolute Gasteiger partial charge is 0.410 e. The van der Waals surface area contributed by atoms with Crippen LogP contribution in [-0.4, -0.2) is 84.7 Å². The maximum atomic E-state index is 14.9. The van der Waals surface area contributed by atoms with Crippen LogP contribution in [0.5, 0.6) is 5.75 Å². The fourth-order valence-corrected chi connectivity index (χ4v) is 6.11. The number of nitrogens with zero attached hydrogens (tertiary/aromatic N) is 4. The van der Waals surface area contributed by atoms with Crippen molar-refractivity contribution >= 4 is 18.1 Å². The molecule has 2 amide bonds. The quantitative estimate of drug-likeness (QED) is 0.263. The Bertz CT molecular complexity index is 1570. The monoisotopic (exact) mass is 685 g/mol. The predicted molar refractivity (Wildman–Crippen MR) is 174 cm³/mol. The molecule has 0 bridgehead atoms. The molecule has 0 radical (unpaired) electrons. The number of piperidine rings is 1. The number of likely N-dealkylation sites (tertiary alicyclic amines) is 1. The van der Waals surface area contributed by atoms with Gasteiger partial charge in [0.05, 0.1) is 25.0 Å². The molecule has 2 aliphatic rings. The molecule has 5 rings (SSSR count). The third kappa shape index (κ3) is 9.52. The average Bonchev–Trinajstić information content (AvgIpc) is 3.48. The van der Waals surface area contributed by atoms with Gasteiger partial charge in [0.2, 0.25) is 5.95 Å². The summed E-state index contributed by atoms with van der Waals surface area (Å²) in [6.07, 6.45) is 3.01. The molecular weight excluding hydrogens is 643 g/mol. The molecule has 2 fully saturated rings. The van der Waals surface area contributed by atoms with Crippen molar-refractivity contribution in [3.63, 3.8) is 0 Å². The Morgan fingerprint density at radius 2 is 1.65 bits per heavy atom. The van der Waals surface area contributed by atoms with Crippen LogP contribution in [0.1, 0.15) is 50.7 Å². The third-order valence-corrected chi connectivity index (χ3v) is 8.51. The lowest BCUT2D eigenvalue weighted by Gasteiger charge is -2.35.